The lowest BCUT2D eigenvalue weighted by atomic mass is 10.1. The molecule has 2 aromatic rings. The molecule has 0 atom stereocenters. The summed E-state index contributed by atoms with van der Waals surface area (Å²) in [7, 11) is 0. The average Bonchev–Trinajstić information content (AvgIpc) is 2.17. The van der Waals surface area contributed by atoms with Gasteiger partial charge in [-0.15, -0.1) is 23.2 Å². The standard InChI is InChI=1S/C12H10Cl2/c13-12(14)8-9-5-6-10-3-1-2-4-11(10)7-9/h1-7,12H,8H2. The molecule has 0 fully saturated rings. The number of alkyl halides is 2. The number of hydrogen-bond acceptors (Lipinski definition) is 0. The van der Waals surface area contributed by atoms with Crippen LogP contribution in [0.25, 0.3) is 10.8 Å². The summed E-state index contributed by atoms with van der Waals surface area (Å²) in [4.78, 5) is -0.323. The third kappa shape index (κ3) is 2.20. The van der Waals surface area contributed by atoms with E-state index in [4.69, 9.17) is 23.2 Å². The van der Waals surface area contributed by atoms with Crippen molar-refractivity contribution in [1.29, 1.82) is 0 Å². The van der Waals surface area contributed by atoms with Gasteiger partial charge in [0.05, 0.1) is 0 Å². The van der Waals surface area contributed by atoms with E-state index in [1.165, 1.54) is 16.3 Å². The first kappa shape index (κ1) is 9.82. The molecule has 0 aliphatic carbocycles. The molecule has 72 valence electrons. The zero-order valence-corrected chi connectivity index (χ0v) is 9.09. The maximum absolute atomic E-state index is 5.73. The molecule has 0 nitrogen and oxygen atoms in total. The summed E-state index contributed by atoms with van der Waals surface area (Å²) in [5.74, 6) is 0. The van der Waals surface area contributed by atoms with Gasteiger partial charge in [0.15, 0.2) is 0 Å². The van der Waals surface area contributed by atoms with Crippen LogP contribution in [0, 0.1) is 0 Å². The lowest BCUT2D eigenvalue weighted by Crippen LogP contribution is -1.93. The molecular formula is C12H10Cl2. The van der Waals surface area contributed by atoms with Crippen molar-refractivity contribution in [1.82, 2.24) is 0 Å². The molecule has 2 aromatic carbocycles. The minimum atomic E-state index is -0.323. The Hall–Kier alpha value is -0.720. The van der Waals surface area contributed by atoms with Crippen molar-refractivity contribution in [3.05, 3.63) is 48.0 Å². The summed E-state index contributed by atoms with van der Waals surface area (Å²) in [6.07, 6.45) is 0.702. The van der Waals surface area contributed by atoms with Gasteiger partial charge >= 0.3 is 0 Å². The number of benzene rings is 2. The Labute approximate surface area is 93.4 Å². The van der Waals surface area contributed by atoms with Gasteiger partial charge in [0.2, 0.25) is 0 Å². The minimum Gasteiger partial charge on any atom is -0.105 e. The Morgan fingerprint density at radius 3 is 2.36 bits per heavy atom. The zero-order chi connectivity index (χ0) is 9.97. The van der Waals surface area contributed by atoms with Gasteiger partial charge in [0, 0.05) is 6.42 Å². The molecule has 0 saturated carbocycles. The molecule has 2 rings (SSSR count). The molecule has 0 N–H and O–H groups in total. The summed E-state index contributed by atoms with van der Waals surface area (Å²) in [5, 5.41) is 2.48. The van der Waals surface area contributed by atoms with E-state index in [1.54, 1.807) is 0 Å². The van der Waals surface area contributed by atoms with Crippen molar-refractivity contribution in [2.75, 3.05) is 0 Å². The summed E-state index contributed by atoms with van der Waals surface area (Å²) in [6.45, 7) is 0. The summed E-state index contributed by atoms with van der Waals surface area (Å²) < 4.78 is 0. The highest BCUT2D eigenvalue weighted by atomic mass is 35.5. The lowest BCUT2D eigenvalue weighted by molar-refractivity contribution is 1.09. The Bertz CT molecular complexity index is 435. The van der Waals surface area contributed by atoms with Crippen molar-refractivity contribution in [3.63, 3.8) is 0 Å². The van der Waals surface area contributed by atoms with Gasteiger partial charge in [0.25, 0.3) is 0 Å². The smallest absolute Gasteiger partial charge is 0.105 e. The fourth-order valence-electron chi connectivity index (χ4n) is 1.54. The molecule has 0 saturated heterocycles. The van der Waals surface area contributed by atoms with Crippen molar-refractivity contribution < 1.29 is 0 Å². The van der Waals surface area contributed by atoms with Crippen LogP contribution in [0.15, 0.2) is 42.5 Å². The molecule has 0 unspecified atom stereocenters. The fraction of sp³-hybridized carbons (Fsp3) is 0.167. The molecule has 0 aliphatic rings. The van der Waals surface area contributed by atoms with Crippen LogP contribution in [-0.2, 0) is 6.42 Å². The predicted molar refractivity (Wildman–Crippen MR) is 63.1 cm³/mol. The third-order valence-corrected chi connectivity index (χ3v) is 2.51. The summed E-state index contributed by atoms with van der Waals surface area (Å²) in [6, 6.07) is 14.6. The first-order valence-electron chi connectivity index (χ1n) is 4.51. The number of halogens is 2. The molecule has 0 bridgehead atoms. The van der Waals surface area contributed by atoms with Crippen LogP contribution in [0.5, 0.6) is 0 Å². The number of fused-ring (bicyclic) bond motifs is 1. The average molecular weight is 225 g/mol. The molecule has 0 heterocycles. The SMILES string of the molecule is ClC(Cl)Cc1ccc2ccccc2c1. The van der Waals surface area contributed by atoms with Crippen LogP contribution >= 0.6 is 23.2 Å². The molecular weight excluding hydrogens is 215 g/mol. The van der Waals surface area contributed by atoms with Crippen LogP contribution < -0.4 is 0 Å². The van der Waals surface area contributed by atoms with Crippen LogP contribution in [0.1, 0.15) is 5.56 Å². The Morgan fingerprint density at radius 2 is 1.64 bits per heavy atom. The second-order valence-corrected chi connectivity index (χ2v) is 4.55. The highest BCUT2D eigenvalue weighted by Gasteiger charge is 2.01. The predicted octanol–water partition coefficient (Wildman–Crippen LogP) is 4.19. The minimum absolute atomic E-state index is 0.323. The van der Waals surface area contributed by atoms with Gasteiger partial charge in [-0.05, 0) is 16.3 Å². The van der Waals surface area contributed by atoms with E-state index in [1.807, 2.05) is 12.1 Å². The number of rotatable bonds is 2. The third-order valence-electron chi connectivity index (χ3n) is 2.20. The maximum Gasteiger partial charge on any atom is 0.111 e. The van der Waals surface area contributed by atoms with E-state index in [9.17, 15) is 0 Å². The zero-order valence-electron chi connectivity index (χ0n) is 7.58. The molecule has 2 heteroatoms. The fourth-order valence-corrected chi connectivity index (χ4v) is 1.90. The van der Waals surface area contributed by atoms with Gasteiger partial charge in [-0.3, -0.25) is 0 Å². The topological polar surface area (TPSA) is 0 Å². The van der Waals surface area contributed by atoms with Crippen LogP contribution in [0.4, 0.5) is 0 Å². The van der Waals surface area contributed by atoms with Crippen molar-refractivity contribution in [2.24, 2.45) is 0 Å². The maximum atomic E-state index is 5.73. The number of hydrogen-bond donors (Lipinski definition) is 0. The van der Waals surface area contributed by atoms with Crippen LogP contribution in [-0.4, -0.2) is 4.84 Å². The highest BCUT2D eigenvalue weighted by molar-refractivity contribution is 6.44. The molecule has 0 aromatic heterocycles. The van der Waals surface area contributed by atoms with E-state index >= 15 is 0 Å². The summed E-state index contributed by atoms with van der Waals surface area (Å²) in [5.41, 5.74) is 1.18. The van der Waals surface area contributed by atoms with Gasteiger partial charge in [-0.1, -0.05) is 42.5 Å². The second kappa shape index (κ2) is 4.20. The first-order chi connectivity index (χ1) is 6.75. The molecule has 14 heavy (non-hydrogen) atoms. The van der Waals surface area contributed by atoms with Crippen molar-refractivity contribution >= 4 is 34.0 Å². The van der Waals surface area contributed by atoms with E-state index in [-0.39, 0.29) is 4.84 Å². The Balaban J connectivity index is 2.41. The van der Waals surface area contributed by atoms with E-state index in [0.29, 0.717) is 6.42 Å². The first-order valence-corrected chi connectivity index (χ1v) is 5.39. The van der Waals surface area contributed by atoms with Crippen molar-refractivity contribution in [3.8, 4) is 0 Å². The quantitative estimate of drug-likeness (QED) is 0.672. The molecule has 0 amide bonds. The van der Waals surface area contributed by atoms with Gasteiger partial charge in [0.1, 0.15) is 4.84 Å². The Kier molecular flexibility index (Phi) is 2.95. The Morgan fingerprint density at radius 1 is 0.929 bits per heavy atom. The van der Waals surface area contributed by atoms with E-state index < -0.39 is 0 Å². The molecule has 0 spiro atoms. The highest BCUT2D eigenvalue weighted by Crippen LogP contribution is 2.18. The largest absolute Gasteiger partial charge is 0.111 e. The normalized spacial score (nSPS) is 11.1. The monoisotopic (exact) mass is 224 g/mol. The van der Waals surface area contributed by atoms with E-state index in [0.717, 1.165) is 0 Å². The van der Waals surface area contributed by atoms with Crippen molar-refractivity contribution in [2.45, 2.75) is 11.3 Å². The van der Waals surface area contributed by atoms with Gasteiger partial charge in [-0.2, -0.15) is 0 Å². The van der Waals surface area contributed by atoms with Gasteiger partial charge < -0.3 is 0 Å². The second-order valence-electron chi connectivity index (χ2n) is 3.28. The summed E-state index contributed by atoms with van der Waals surface area (Å²) >= 11 is 11.5. The van der Waals surface area contributed by atoms with Crippen LogP contribution in [0.3, 0.4) is 0 Å². The molecule has 0 aliphatic heterocycles. The van der Waals surface area contributed by atoms with Crippen LogP contribution in [0.2, 0.25) is 0 Å². The van der Waals surface area contributed by atoms with Gasteiger partial charge in [-0.25, -0.2) is 0 Å². The van der Waals surface area contributed by atoms with E-state index in [2.05, 4.69) is 30.3 Å². The molecule has 0 radical (unpaired) electrons. The lowest BCUT2D eigenvalue weighted by Gasteiger charge is -2.03.